The molecule has 2 rings (SSSR count). The number of hydrogen-bond acceptors (Lipinski definition) is 3. The van der Waals surface area contributed by atoms with Gasteiger partial charge in [0.05, 0.1) is 0 Å². The molecule has 2 N–H and O–H groups in total. The van der Waals surface area contributed by atoms with E-state index in [2.05, 4.69) is 0 Å². The monoisotopic (exact) mass is 241 g/mol. The lowest BCUT2D eigenvalue weighted by Crippen LogP contribution is -1.99. The maximum absolute atomic E-state index is 11.3. The van der Waals surface area contributed by atoms with Crippen molar-refractivity contribution in [2.24, 2.45) is 0 Å². The van der Waals surface area contributed by atoms with Gasteiger partial charge in [-0.3, -0.25) is 4.79 Å². The molecule has 0 aliphatic heterocycles. The Morgan fingerprint density at radius 1 is 1.17 bits per heavy atom. The van der Waals surface area contributed by atoms with E-state index in [9.17, 15) is 4.79 Å². The summed E-state index contributed by atoms with van der Waals surface area (Å²) >= 11 is 0. The molecule has 18 heavy (non-hydrogen) atoms. The Bertz CT molecular complexity index is 591. The van der Waals surface area contributed by atoms with Gasteiger partial charge in [0.1, 0.15) is 11.5 Å². The molecule has 0 amide bonds. The van der Waals surface area contributed by atoms with Crippen LogP contribution < -0.4 is 10.5 Å². The van der Waals surface area contributed by atoms with E-state index in [0.29, 0.717) is 17.0 Å². The average molecular weight is 241 g/mol. The Balaban J connectivity index is 2.29. The minimum absolute atomic E-state index is 0.0464. The highest BCUT2D eigenvalue weighted by Crippen LogP contribution is 2.27. The second-order valence-electron chi connectivity index (χ2n) is 4.17. The molecule has 0 aromatic heterocycles. The normalized spacial score (nSPS) is 10.1. The van der Waals surface area contributed by atoms with Crippen molar-refractivity contribution in [1.82, 2.24) is 0 Å². The molecule has 3 nitrogen and oxygen atoms in total. The van der Waals surface area contributed by atoms with Crippen molar-refractivity contribution in [2.75, 3.05) is 5.73 Å². The molecule has 0 saturated heterocycles. The Kier molecular flexibility index (Phi) is 3.33. The molecule has 0 fully saturated rings. The van der Waals surface area contributed by atoms with E-state index >= 15 is 0 Å². The lowest BCUT2D eigenvalue weighted by Gasteiger charge is -2.10. The molecule has 0 radical (unpaired) electrons. The predicted molar refractivity (Wildman–Crippen MR) is 72.1 cm³/mol. The number of Topliss-reactive ketones (excluding diaryl/α,β-unsaturated/α-hetero) is 1. The van der Waals surface area contributed by atoms with Gasteiger partial charge in [0.25, 0.3) is 0 Å². The predicted octanol–water partition coefficient (Wildman–Crippen LogP) is 3.57. The Hall–Kier alpha value is -2.29. The first kappa shape index (κ1) is 12.2. The number of hydrogen-bond donors (Lipinski definition) is 1. The summed E-state index contributed by atoms with van der Waals surface area (Å²) in [6.07, 6.45) is 0. The van der Waals surface area contributed by atoms with Gasteiger partial charge in [-0.05, 0) is 37.6 Å². The topological polar surface area (TPSA) is 52.3 Å². The number of rotatable bonds is 3. The third-order valence-electron chi connectivity index (χ3n) is 2.72. The second-order valence-corrected chi connectivity index (χ2v) is 4.17. The van der Waals surface area contributed by atoms with E-state index in [1.807, 2.05) is 31.2 Å². The van der Waals surface area contributed by atoms with E-state index in [1.165, 1.54) is 6.92 Å². The van der Waals surface area contributed by atoms with Crippen LogP contribution in [0.1, 0.15) is 22.8 Å². The van der Waals surface area contributed by atoms with Crippen LogP contribution >= 0.6 is 0 Å². The third kappa shape index (κ3) is 2.51. The van der Waals surface area contributed by atoms with E-state index in [1.54, 1.807) is 18.2 Å². The molecule has 3 heteroatoms. The molecule has 0 unspecified atom stereocenters. The number of benzene rings is 2. The Labute approximate surface area is 106 Å². The van der Waals surface area contributed by atoms with Gasteiger partial charge in [-0.25, -0.2) is 0 Å². The van der Waals surface area contributed by atoms with Gasteiger partial charge in [-0.1, -0.05) is 18.2 Å². The van der Waals surface area contributed by atoms with Crippen molar-refractivity contribution in [2.45, 2.75) is 13.8 Å². The highest BCUT2D eigenvalue weighted by molar-refractivity contribution is 5.99. The van der Waals surface area contributed by atoms with Gasteiger partial charge in [-0.2, -0.15) is 0 Å². The summed E-state index contributed by atoms with van der Waals surface area (Å²) in [4.78, 5) is 11.3. The molecule has 0 aliphatic rings. The van der Waals surface area contributed by atoms with Crippen LogP contribution in [-0.4, -0.2) is 5.78 Å². The second kappa shape index (κ2) is 4.92. The summed E-state index contributed by atoms with van der Waals surface area (Å²) < 4.78 is 5.73. The van der Waals surface area contributed by atoms with Crippen molar-refractivity contribution >= 4 is 11.5 Å². The molecule has 2 aromatic carbocycles. The smallest absolute Gasteiger partial charge is 0.161 e. The molecular formula is C15H15NO2. The minimum Gasteiger partial charge on any atom is -0.457 e. The zero-order valence-electron chi connectivity index (χ0n) is 10.4. The molecule has 0 spiro atoms. The van der Waals surface area contributed by atoms with E-state index in [-0.39, 0.29) is 5.78 Å². The van der Waals surface area contributed by atoms with Gasteiger partial charge >= 0.3 is 0 Å². The zero-order valence-corrected chi connectivity index (χ0v) is 10.4. The molecule has 2 aromatic rings. The number of anilines is 1. The van der Waals surface area contributed by atoms with Crippen molar-refractivity contribution in [3.05, 3.63) is 53.6 Å². The number of carbonyl (C=O) groups excluding carboxylic acids is 1. The Morgan fingerprint density at radius 2 is 1.89 bits per heavy atom. The standard InChI is InChI=1S/C15H15NO2/c1-10-5-3-4-6-15(10)18-12-7-8-13(11(2)17)14(16)9-12/h3-9H,16H2,1-2H3. The molecule has 0 bridgehead atoms. The lowest BCUT2D eigenvalue weighted by atomic mass is 10.1. The van der Waals surface area contributed by atoms with E-state index in [0.717, 1.165) is 11.3 Å². The number of ether oxygens (including phenoxy) is 1. The number of nitrogen functional groups attached to an aromatic ring is 1. The largest absolute Gasteiger partial charge is 0.457 e. The zero-order chi connectivity index (χ0) is 13.1. The first-order valence-corrected chi connectivity index (χ1v) is 5.72. The summed E-state index contributed by atoms with van der Waals surface area (Å²) in [6.45, 7) is 3.47. The quantitative estimate of drug-likeness (QED) is 0.660. The highest BCUT2D eigenvalue weighted by atomic mass is 16.5. The van der Waals surface area contributed by atoms with Crippen molar-refractivity contribution in [3.8, 4) is 11.5 Å². The minimum atomic E-state index is -0.0464. The van der Waals surface area contributed by atoms with Crippen LogP contribution in [0.15, 0.2) is 42.5 Å². The van der Waals surface area contributed by atoms with Crippen LogP contribution in [0.5, 0.6) is 11.5 Å². The van der Waals surface area contributed by atoms with Gasteiger partial charge in [-0.15, -0.1) is 0 Å². The number of carbonyl (C=O) groups is 1. The van der Waals surface area contributed by atoms with Crippen molar-refractivity contribution in [3.63, 3.8) is 0 Å². The van der Waals surface area contributed by atoms with Gasteiger partial charge in [0.15, 0.2) is 5.78 Å². The third-order valence-corrected chi connectivity index (χ3v) is 2.72. The average Bonchev–Trinajstić information content (AvgIpc) is 2.32. The van der Waals surface area contributed by atoms with Crippen LogP contribution in [0.4, 0.5) is 5.69 Å². The van der Waals surface area contributed by atoms with Gasteiger partial charge in [0, 0.05) is 17.3 Å². The SMILES string of the molecule is CC(=O)c1ccc(Oc2ccccc2C)cc1N. The van der Waals surface area contributed by atoms with Crippen molar-refractivity contribution in [1.29, 1.82) is 0 Å². The van der Waals surface area contributed by atoms with Crippen LogP contribution in [0, 0.1) is 6.92 Å². The number of ketones is 1. The maximum Gasteiger partial charge on any atom is 0.161 e. The lowest BCUT2D eigenvalue weighted by molar-refractivity contribution is 0.101. The number of nitrogens with two attached hydrogens (primary N) is 1. The summed E-state index contributed by atoms with van der Waals surface area (Å²) in [6, 6.07) is 12.8. The van der Waals surface area contributed by atoms with Gasteiger partial charge in [0.2, 0.25) is 0 Å². The van der Waals surface area contributed by atoms with Crippen LogP contribution in [0.2, 0.25) is 0 Å². The van der Waals surface area contributed by atoms with Crippen LogP contribution in [-0.2, 0) is 0 Å². The molecule has 0 aliphatic carbocycles. The first-order valence-electron chi connectivity index (χ1n) is 5.72. The van der Waals surface area contributed by atoms with Crippen LogP contribution in [0.3, 0.4) is 0 Å². The molecular weight excluding hydrogens is 226 g/mol. The first-order chi connectivity index (χ1) is 8.58. The fourth-order valence-corrected chi connectivity index (χ4v) is 1.72. The number of aryl methyl sites for hydroxylation is 1. The molecule has 0 atom stereocenters. The fraction of sp³-hybridized carbons (Fsp3) is 0.133. The fourth-order valence-electron chi connectivity index (χ4n) is 1.72. The number of para-hydroxylation sites is 1. The molecule has 0 saturated carbocycles. The van der Waals surface area contributed by atoms with E-state index in [4.69, 9.17) is 10.5 Å². The van der Waals surface area contributed by atoms with Crippen LogP contribution in [0.25, 0.3) is 0 Å². The summed E-state index contributed by atoms with van der Waals surface area (Å²) in [7, 11) is 0. The Morgan fingerprint density at radius 3 is 2.50 bits per heavy atom. The molecule has 0 heterocycles. The van der Waals surface area contributed by atoms with Crippen molar-refractivity contribution < 1.29 is 9.53 Å². The summed E-state index contributed by atoms with van der Waals surface area (Å²) in [5.74, 6) is 1.37. The molecule has 92 valence electrons. The van der Waals surface area contributed by atoms with Gasteiger partial charge < -0.3 is 10.5 Å². The summed E-state index contributed by atoms with van der Waals surface area (Å²) in [5, 5.41) is 0. The summed E-state index contributed by atoms with van der Waals surface area (Å²) in [5.41, 5.74) is 7.82. The van der Waals surface area contributed by atoms with E-state index < -0.39 is 0 Å². The highest BCUT2D eigenvalue weighted by Gasteiger charge is 2.07. The maximum atomic E-state index is 11.3.